The minimum atomic E-state index is 0.116. The highest BCUT2D eigenvalue weighted by atomic mass is 16.5. The molecule has 0 saturated heterocycles. The second kappa shape index (κ2) is 8.07. The zero-order valence-electron chi connectivity index (χ0n) is 19.1. The van der Waals surface area contributed by atoms with E-state index in [1.165, 1.54) is 16.7 Å². The Hall–Kier alpha value is -3.33. The van der Waals surface area contributed by atoms with Gasteiger partial charge in [0.15, 0.2) is 11.5 Å². The van der Waals surface area contributed by atoms with Gasteiger partial charge >= 0.3 is 0 Å². The fourth-order valence-electron chi connectivity index (χ4n) is 3.92. The van der Waals surface area contributed by atoms with Crippen molar-refractivity contribution >= 4 is 10.8 Å². The highest BCUT2D eigenvalue weighted by Gasteiger charge is 2.15. The van der Waals surface area contributed by atoms with Gasteiger partial charge in [0.05, 0.1) is 19.9 Å². The van der Waals surface area contributed by atoms with Crippen molar-refractivity contribution in [1.82, 2.24) is 4.98 Å². The third-order valence-corrected chi connectivity index (χ3v) is 5.75. The molecule has 0 N–H and O–H groups in total. The standard InChI is InChI=1S/C28H29NO2/c1-18-24-17-27(31-6)26(30-5)16-22(24)15-25(29-18)21-11-7-9-19(13-21)20-10-8-12-23(14-20)28(2,3)4/h7-17H,1-6H3. The molecule has 0 saturated carbocycles. The van der Waals surface area contributed by atoms with E-state index >= 15 is 0 Å². The lowest BCUT2D eigenvalue weighted by atomic mass is 9.85. The molecule has 3 nitrogen and oxygen atoms in total. The Kier molecular flexibility index (Phi) is 5.45. The maximum atomic E-state index is 5.50. The average Bonchev–Trinajstić information content (AvgIpc) is 2.77. The summed E-state index contributed by atoms with van der Waals surface area (Å²) in [6.07, 6.45) is 0. The van der Waals surface area contributed by atoms with Crippen LogP contribution >= 0.6 is 0 Å². The molecule has 4 rings (SSSR count). The Balaban J connectivity index is 1.81. The van der Waals surface area contributed by atoms with E-state index in [1.54, 1.807) is 14.2 Å². The summed E-state index contributed by atoms with van der Waals surface area (Å²) in [6.45, 7) is 8.77. The van der Waals surface area contributed by atoms with Crippen LogP contribution in [0.4, 0.5) is 0 Å². The molecule has 0 aliphatic heterocycles. The Morgan fingerprint density at radius 2 is 1.32 bits per heavy atom. The summed E-state index contributed by atoms with van der Waals surface area (Å²) in [5.41, 5.74) is 6.87. The summed E-state index contributed by atoms with van der Waals surface area (Å²) >= 11 is 0. The molecule has 1 heterocycles. The molecule has 0 spiro atoms. The normalized spacial score (nSPS) is 11.5. The smallest absolute Gasteiger partial charge is 0.161 e. The number of ether oxygens (including phenoxy) is 2. The predicted molar refractivity (Wildman–Crippen MR) is 129 cm³/mol. The maximum Gasteiger partial charge on any atom is 0.161 e. The van der Waals surface area contributed by atoms with Gasteiger partial charge in [-0.15, -0.1) is 0 Å². The van der Waals surface area contributed by atoms with E-state index in [9.17, 15) is 0 Å². The molecular weight excluding hydrogens is 382 g/mol. The van der Waals surface area contributed by atoms with Crippen LogP contribution < -0.4 is 9.47 Å². The van der Waals surface area contributed by atoms with Crippen LogP contribution in [0.2, 0.25) is 0 Å². The number of benzene rings is 3. The molecule has 0 aliphatic carbocycles. The van der Waals surface area contributed by atoms with Crippen molar-refractivity contribution in [2.24, 2.45) is 0 Å². The number of hydrogen-bond donors (Lipinski definition) is 0. The van der Waals surface area contributed by atoms with Crippen LogP contribution in [0.15, 0.2) is 66.7 Å². The van der Waals surface area contributed by atoms with Gasteiger partial charge in [0.1, 0.15) is 0 Å². The molecule has 0 atom stereocenters. The number of fused-ring (bicyclic) bond motifs is 1. The summed E-state index contributed by atoms with van der Waals surface area (Å²) < 4.78 is 11.0. The predicted octanol–water partition coefficient (Wildman–Crippen LogP) is 7.19. The Labute approximate surface area is 184 Å². The number of pyridine rings is 1. The van der Waals surface area contributed by atoms with E-state index in [0.717, 1.165) is 33.5 Å². The van der Waals surface area contributed by atoms with E-state index in [1.807, 2.05) is 19.1 Å². The van der Waals surface area contributed by atoms with Crippen LogP contribution in [0, 0.1) is 6.92 Å². The first kappa shape index (κ1) is 20.9. The molecule has 158 valence electrons. The maximum absolute atomic E-state index is 5.50. The average molecular weight is 412 g/mol. The molecule has 0 fully saturated rings. The van der Waals surface area contributed by atoms with Crippen LogP contribution in [0.5, 0.6) is 11.5 Å². The van der Waals surface area contributed by atoms with Crippen LogP contribution in [0.3, 0.4) is 0 Å². The number of methoxy groups -OCH3 is 2. The first-order chi connectivity index (χ1) is 14.8. The highest BCUT2D eigenvalue weighted by Crippen LogP contribution is 2.36. The van der Waals surface area contributed by atoms with E-state index in [-0.39, 0.29) is 5.41 Å². The van der Waals surface area contributed by atoms with Crippen molar-refractivity contribution in [3.8, 4) is 33.9 Å². The molecule has 0 unspecified atom stereocenters. The van der Waals surface area contributed by atoms with Crippen LogP contribution in [-0.2, 0) is 5.41 Å². The highest BCUT2D eigenvalue weighted by molar-refractivity contribution is 5.91. The second-order valence-electron chi connectivity index (χ2n) is 8.93. The molecule has 0 aliphatic rings. The fourth-order valence-corrected chi connectivity index (χ4v) is 3.92. The van der Waals surface area contributed by atoms with Gasteiger partial charge in [0.25, 0.3) is 0 Å². The van der Waals surface area contributed by atoms with Gasteiger partial charge in [-0.3, -0.25) is 4.98 Å². The summed E-state index contributed by atoms with van der Waals surface area (Å²) in [5, 5.41) is 2.15. The van der Waals surface area contributed by atoms with Gasteiger partial charge in [0.2, 0.25) is 0 Å². The summed E-state index contributed by atoms with van der Waals surface area (Å²) in [7, 11) is 3.31. The van der Waals surface area contributed by atoms with Crippen molar-refractivity contribution in [1.29, 1.82) is 0 Å². The lowest BCUT2D eigenvalue weighted by molar-refractivity contribution is 0.356. The van der Waals surface area contributed by atoms with Gasteiger partial charge in [-0.25, -0.2) is 0 Å². The van der Waals surface area contributed by atoms with Crippen molar-refractivity contribution in [2.75, 3.05) is 14.2 Å². The Morgan fingerprint density at radius 1 is 0.710 bits per heavy atom. The van der Waals surface area contributed by atoms with Crippen molar-refractivity contribution in [2.45, 2.75) is 33.1 Å². The van der Waals surface area contributed by atoms with Gasteiger partial charge in [-0.2, -0.15) is 0 Å². The second-order valence-corrected chi connectivity index (χ2v) is 8.93. The monoisotopic (exact) mass is 411 g/mol. The van der Waals surface area contributed by atoms with E-state index in [0.29, 0.717) is 5.75 Å². The first-order valence-corrected chi connectivity index (χ1v) is 10.5. The molecule has 1 aromatic heterocycles. The van der Waals surface area contributed by atoms with Crippen molar-refractivity contribution < 1.29 is 9.47 Å². The molecular formula is C28H29NO2. The molecule has 31 heavy (non-hydrogen) atoms. The van der Waals surface area contributed by atoms with Crippen LogP contribution in [-0.4, -0.2) is 19.2 Å². The SMILES string of the molecule is COc1cc2cc(-c3cccc(-c4cccc(C(C)(C)C)c4)c3)nc(C)c2cc1OC. The third kappa shape index (κ3) is 4.13. The molecule has 3 heteroatoms. The van der Waals surface area contributed by atoms with Gasteiger partial charge in [-0.1, -0.05) is 63.2 Å². The Bertz CT molecular complexity index is 1250. The molecule has 0 radical (unpaired) electrons. The number of aromatic nitrogens is 1. The quantitative estimate of drug-likeness (QED) is 0.356. The van der Waals surface area contributed by atoms with Gasteiger partial charge in [-0.05, 0) is 58.7 Å². The topological polar surface area (TPSA) is 31.4 Å². The van der Waals surface area contributed by atoms with Crippen molar-refractivity contribution in [3.63, 3.8) is 0 Å². The van der Waals surface area contributed by atoms with Gasteiger partial charge < -0.3 is 9.47 Å². The van der Waals surface area contributed by atoms with E-state index in [4.69, 9.17) is 14.5 Å². The fraction of sp³-hybridized carbons (Fsp3) is 0.250. The first-order valence-electron chi connectivity index (χ1n) is 10.5. The molecule has 0 amide bonds. The molecule has 0 bridgehead atoms. The third-order valence-electron chi connectivity index (χ3n) is 5.75. The molecule has 4 aromatic rings. The lowest BCUT2D eigenvalue weighted by Crippen LogP contribution is -2.10. The largest absolute Gasteiger partial charge is 0.493 e. The molecule has 3 aromatic carbocycles. The summed E-state index contributed by atoms with van der Waals surface area (Å²) in [4.78, 5) is 4.90. The van der Waals surface area contributed by atoms with Gasteiger partial charge in [0, 0.05) is 16.6 Å². The number of rotatable bonds is 4. The van der Waals surface area contributed by atoms with Crippen LogP contribution in [0.1, 0.15) is 32.0 Å². The van der Waals surface area contributed by atoms with E-state index < -0.39 is 0 Å². The summed E-state index contributed by atoms with van der Waals surface area (Å²) in [5.74, 6) is 1.44. The zero-order valence-corrected chi connectivity index (χ0v) is 19.1. The van der Waals surface area contributed by atoms with Crippen LogP contribution in [0.25, 0.3) is 33.2 Å². The van der Waals surface area contributed by atoms with Crippen molar-refractivity contribution in [3.05, 3.63) is 78.0 Å². The van der Waals surface area contributed by atoms with E-state index in [2.05, 4.69) is 75.4 Å². The zero-order chi connectivity index (χ0) is 22.2. The summed E-state index contributed by atoms with van der Waals surface area (Å²) in [6, 6.07) is 23.5. The minimum absolute atomic E-state index is 0.116. The lowest BCUT2D eigenvalue weighted by Gasteiger charge is -2.20. The number of nitrogens with zero attached hydrogens (tertiary/aromatic N) is 1. The Morgan fingerprint density at radius 3 is 2.00 bits per heavy atom. The number of aryl methyl sites for hydroxylation is 1. The minimum Gasteiger partial charge on any atom is -0.493 e. The number of hydrogen-bond acceptors (Lipinski definition) is 3.